The molecule has 0 fully saturated rings. The molecule has 0 saturated heterocycles. The second kappa shape index (κ2) is 9.56. The molecule has 1 aromatic carbocycles. The minimum Gasteiger partial charge on any atom is -0.354 e. The summed E-state index contributed by atoms with van der Waals surface area (Å²) in [6, 6.07) is 11.4. The van der Waals surface area contributed by atoms with Crippen LogP contribution in [0.25, 0.3) is 0 Å². The van der Waals surface area contributed by atoms with Crippen LogP contribution in [-0.2, 0) is 9.59 Å². The molecular weight excluding hydrogens is 278 g/mol. The topological polar surface area (TPSA) is 73.2 Å². The van der Waals surface area contributed by atoms with E-state index < -0.39 is 0 Å². The fourth-order valence-corrected chi connectivity index (χ4v) is 1.97. The Morgan fingerprint density at radius 1 is 1.27 bits per heavy atom. The molecule has 1 N–H and O–H groups in total. The van der Waals surface area contributed by atoms with Crippen LogP contribution in [-0.4, -0.2) is 24.4 Å². The number of nitrogens with zero attached hydrogens (tertiary/aromatic N) is 2. The average Bonchev–Trinajstić information content (AvgIpc) is 2.54. The van der Waals surface area contributed by atoms with Gasteiger partial charge in [-0.05, 0) is 25.5 Å². The van der Waals surface area contributed by atoms with E-state index in [1.165, 1.54) is 0 Å². The van der Waals surface area contributed by atoms with E-state index in [1.807, 2.05) is 50.2 Å². The van der Waals surface area contributed by atoms with Crippen molar-refractivity contribution in [2.75, 3.05) is 11.4 Å². The number of anilines is 1. The average molecular weight is 301 g/mol. The van der Waals surface area contributed by atoms with Crippen molar-refractivity contribution >= 4 is 17.5 Å². The molecule has 1 rings (SSSR count). The van der Waals surface area contributed by atoms with Gasteiger partial charge >= 0.3 is 0 Å². The highest BCUT2D eigenvalue weighted by Gasteiger charge is 2.17. The van der Waals surface area contributed by atoms with Gasteiger partial charge in [0.15, 0.2) is 0 Å². The van der Waals surface area contributed by atoms with Crippen LogP contribution < -0.4 is 10.2 Å². The quantitative estimate of drug-likeness (QED) is 0.802. The molecule has 2 amide bonds. The number of nitrogens with one attached hydrogen (secondary N) is 1. The molecule has 22 heavy (non-hydrogen) atoms. The summed E-state index contributed by atoms with van der Waals surface area (Å²) in [6.07, 6.45) is 1.43. The van der Waals surface area contributed by atoms with Gasteiger partial charge in [0.25, 0.3) is 0 Å². The lowest BCUT2D eigenvalue weighted by Gasteiger charge is -2.22. The van der Waals surface area contributed by atoms with Crippen molar-refractivity contribution in [1.82, 2.24) is 5.32 Å². The molecule has 0 bridgehead atoms. The molecule has 0 aliphatic carbocycles. The first-order valence-electron chi connectivity index (χ1n) is 7.60. The van der Waals surface area contributed by atoms with Crippen LogP contribution in [0.2, 0.25) is 0 Å². The van der Waals surface area contributed by atoms with Crippen molar-refractivity contribution in [3.63, 3.8) is 0 Å². The number of hydrogen-bond acceptors (Lipinski definition) is 3. The molecule has 0 saturated carbocycles. The van der Waals surface area contributed by atoms with Gasteiger partial charge in [-0.25, -0.2) is 0 Å². The van der Waals surface area contributed by atoms with Gasteiger partial charge < -0.3 is 10.2 Å². The van der Waals surface area contributed by atoms with Gasteiger partial charge in [-0.3, -0.25) is 9.59 Å². The Morgan fingerprint density at radius 2 is 1.95 bits per heavy atom. The second-order valence-corrected chi connectivity index (χ2v) is 5.17. The van der Waals surface area contributed by atoms with E-state index >= 15 is 0 Å². The van der Waals surface area contributed by atoms with Crippen molar-refractivity contribution in [2.24, 2.45) is 0 Å². The van der Waals surface area contributed by atoms with Crippen molar-refractivity contribution in [2.45, 2.75) is 45.6 Å². The highest BCUT2D eigenvalue weighted by molar-refractivity contribution is 5.95. The maximum absolute atomic E-state index is 12.3. The van der Waals surface area contributed by atoms with Gasteiger partial charge in [0.1, 0.15) is 0 Å². The highest BCUT2D eigenvalue weighted by atomic mass is 16.2. The first kappa shape index (κ1) is 17.7. The van der Waals surface area contributed by atoms with Gasteiger partial charge in [0.2, 0.25) is 11.8 Å². The number of carbonyl (C=O) groups is 2. The smallest absolute Gasteiger partial charge is 0.227 e. The molecule has 0 spiro atoms. The zero-order valence-electron chi connectivity index (χ0n) is 13.2. The Hall–Kier alpha value is -2.35. The molecule has 118 valence electrons. The van der Waals surface area contributed by atoms with Crippen LogP contribution in [0.15, 0.2) is 30.3 Å². The number of carbonyl (C=O) groups excluding carboxylic acids is 2. The highest BCUT2D eigenvalue weighted by Crippen LogP contribution is 2.15. The molecule has 5 nitrogen and oxygen atoms in total. The Bertz CT molecular complexity index is 522. The summed E-state index contributed by atoms with van der Waals surface area (Å²) in [7, 11) is 0. The predicted octanol–water partition coefficient (Wildman–Crippen LogP) is 2.63. The lowest BCUT2D eigenvalue weighted by Crippen LogP contribution is -2.35. The first-order valence-corrected chi connectivity index (χ1v) is 7.60. The van der Waals surface area contributed by atoms with E-state index in [2.05, 4.69) is 5.32 Å². The van der Waals surface area contributed by atoms with Crippen LogP contribution in [0.1, 0.15) is 39.5 Å². The number of para-hydroxylation sites is 1. The Morgan fingerprint density at radius 3 is 2.55 bits per heavy atom. The van der Waals surface area contributed by atoms with Crippen LogP contribution in [0.5, 0.6) is 0 Å². The molecule has 0 aliphatic heterocycles. The molecular formula is C17H23N3O2. The van der Waals surface area contributed by atoms with Gasteiger partial charge in [-0.2, -0.15) is 5.26 Å². The minimum absolute atomic E-state index is 0.115. The Balaban J connectivity index is 2.61. The summed E-state index contributed by atoms with van der Waals surface area (Å²) in [5, 5.41) is 11.6. The Kier molecular flexibility index (Phi) is 7.69. The molecule has 1 atom stereocenters. The van der Waals surface area contributed by atoms with E-state index in [0.29, 0.717) is 6.54 Å². The monoisotopic (exact) mass is 301 g/mol. The van der Waals surface area contributed by atoms with Gasteiger partial charge in [0, 0.05) is 31.1 Å². The zero-order chi connectivity index (χ0) is 16.4. The van der Waals surface area contributed by atoms with Crippen molar-refractivity contribution in [3.8, 4) is 6.07 Å². The molecule has 1 aromatic rings. The fourth-order valence-electron chi connectivity index (χ4n) is 1.97. The van der Waals surface area contributed by atoms with Crippen LogP contribution >= 0.6 is 0 Å². The summed E-state index contributed by atoms with van der Waals surface area (Å²) in [4.78, 5) is 25.7. The molecule has 0 aromatic heterocycles. The van der Waals surface area contributed by atoms with Crippen LogP contribution in [0.3, 0.4) is 0 Å². The lowest BCUT2D eigenvalue weighted by atomic mass is 10.2. The SMILES string of the molecule is CC[C@H](C)NC(=O)CCC(=O)N(CCC#N)c1ccccc1. The van der Waals surface area contributed by atoms with Crippen molar-refractivity contribution in [1.29, 1.82) is 5.26 Å². The van der Waals surface area contributed by atoms with E-state index in [4.69, 9.17) is 5.26 Å². The number of rotatable bonds is 8. The normalized spacial score (nSPS) is 11.3. The summed E-state index contributed by atoms with van der Waals surface area (Å²) >= 11 is 0. The van der Waals surface area contributed by atoms with E-state index in [0.717, 1.165) is 12.1 Å². The molecule has 0 radical (unpaired) electrons. The number of amides is 2. The maximum atomic E-state index is 12.3. The third kappa shape index (κ3) is 5.96. The van der Waals surface area contributed by atoms with E-state index in [-0.39, 0.29) is 37.1 Å². The summed E-state index contributed by atoms with van der Waals surface area (Å²) in [5.74, 6) is -0.253. The largest absolute Gasteiger partial charge is 0.354 e. The first-order chi connectivity index (χ1) is 10.6. The fraction of sp³-hybridized carbons (Fsp3) is 0.471. The van der Waals surface area contributed by atoms with E-state index in [9.17, 15) is 9.59 Å². The standard InChI is InChI=1S/C17H23N3O2/c1-3-14(2)19-16(21)10-11-17(22)20(13-7-12-18)15-8-5-4-6-9-15/h4-6,8-9,14H,3,7,10-11,13H2,1-2H3,(H,19,21)/t14-/m0/s1. The second-order valence-electron chi connectivity index (χ2n) is 5.17. The van der Waals surface area contributed by atoms with Crippen LogP contribution in [0, 0.1) is 11.3 Å². The zero-order valence-corrected chi connectivity index (χ0v) is 13.2. The third-order valence-corrected chi connectivity index (χ3v) is 3.40. The van der Waals surface area contributed by atoms with Crippen LogP contribution in [0.4, 0.5) is 5.69 Å². The maximum Gasteiger partial charge on any atom is 0.227 e. The number of nitriles is 1. The van der Waals surface area contributed by atoms with Crippen molar-refractivity contribution in [3.05, 3.63) is 30.3 Å². The molecule has 0 heterocycles. The van der Waals surface area contributed by atoms with Crippen molar-refractivity contribution < 1.29 is 9.59 Å². The third-order valence-electron chi connectivity index (χ3n) is 3.40. The molecule has 0 aliphatic rings. The van der Waals surface area contributed by atoms with E-state index in [1.54, 1.807) is 4.90 Å². The molecule has 5 heteroatoms. The molecule has 0 unspecified atom stereocenters. The van der Waals surface area contributed by atoms with Gasteiger partial charge in [-0.1, -0.05) is 25.1 Å². The van der Waals surface area contributed by atoms with Gasteiger partial charge in [-0.15, -0.1) is 0 Å². The number of hydrogen-bond donors (Lipinski definition) is 1. The summed E-state index contributed by atoms with van der Waals surface area (Å²) in [6.45, 7) is 4.27. The number of benzene rings is 1. The summed E-state index contributed by atoms with van der Waals surface area (Å²) < 4.78 is 0. The summed E-state index contributed by atoms with van der Waals surface area (Å²) in [5.41, 5.74) is 0.755. The Labute approximate surface area is 131 Å². The minimum atomic E-state index is -0.138. The lowest BCUT2D eigenvalue weighted by molar-refractivity contribution is -0.125. The van der Waals surface area contributed by atoms with Gasteiger partial charge in [0.05, 0.1) is 12.5 Å². The predicted molar refractivity (Wildman–Crippen MR) is 86.2 cm³/mol.